The number of carbonyl (C=O) groups is 1. The predicted molar refractivity (Wildman–Crippen MR) is 98.2 cm³/mol. The first-order valence-electron chi connectivity index (χ1n) is 7.02. The fourth-order valence-corrected chi connectivity index (χ4v) is 3.71. The fraction of sp³-hybridized carbons (Fsp3) is 0. The molecule has 3 rings (SSSR count). The van der Waals surface area contributed by atoms with Crippen molar-refractivity contribution in [1.82, 2.24) is 0 Å². The molecule has 1 amide bonds. The van der Waals surface area contributed by atoms with Crippen molar-refractivity contribution in [3.63, 3.8) is 0 Å². The predicted octanol–water partition coefficient (Wildman–Crippen LogP) is 4.65. The number of hydrogen-bond acceptors (Lipinski definition) is 3. The van der Waals surface area contributed by atoms with Crippen LogP contribution in [-0.4, -0.2) is 18.9 Å². The summed E-state index contributed by atoms with van der Waals surface area (Å²) in [5.41, 5.74) is 0.437. The summed E-state index contributed by atoms with van der Waals surface area (Å²) in [7, 11) is -4.46. The van der Waals surface area contributed by atoms with Crippen LogP contribution in [-0.2, 0) is 10.1 Å². The molecule has 8 heteroatoms. The van der Waals surface area contributed by atoms with Crippen LogP contribution >= 0.6 is 23.2 Å². The summed E-state index contributed by atoms with van der Waals surface area (Å²) in [6, 6.07) is 13.8. The largest absolute Gasteiger partial charge is 0.322 e. The van der Waals surface area contributed by atoms with E-state index in [1.807, 2.05) is 0 Å². The van der Waals surface area contributed by atoms with E-state index in [0.717, 1.165) is 0 Å². The lowest BCUT2D eigenvalue weighted by Crippen LogP contribution is -2.12. The number of hydrogen-bond donors (Lipinski definition) is 2. The zero-order chi connectivity index (χ0) is 18.2. The van der Waals surface area contributed by atoms with Gasteiger partial charge < -0.3 is 5.32 Å². The van der Waals surface area contributed by atoms with Gasteiger partial charge in [0.05, 0.1) is 0 Å². The highest BCUT2D eigenvalue weighted by Crippen LogP contribution is 2.28. The van der Waals surface area contributed by atoms with E-state index < -0.39 is 16.0 Å². The minimum atomic E-state index is -4.46. The quantitative estimate of drug-likeness (QED) is 0.632. The van der Waals surface area contributed by atoms with Gasteiger partial charge in [0.1, 0.15) is 4.90 Å². The van der Waals surface area contributed by atoms with E-state index in [2.05, 4.69) is 5.32 Å². The number of halogens is 2. The molecule has 0 unspecified atom stereocenters. The molecule has 0 saturated heterocycles. The maximum absolute atomic E-state index is 12.4. The molecule has 2 N–H and O–H groups in total. The van der Waals surface area contributed by atoms with Gasteiger partial charge in [-0.25, -0.2) is 0 Å². The van der Waals surface area contributed by atoms with Crippen molar-refractivity contribution in [3.8, 4) is 0 Å². The van der Waals surface area contributed by atoms with Crippen molar-refractivity contribution in [2.75, 3.05) is 5.32 Å². The third kappa shape index (κ3) is 3.93. The van der Waals surface area contributed by atoms with Crippen LogP contribution in [0.5, 0.6) is 0 Å². The maximum Gasteiger partial charge on any atom is 0.295 e. The average molecular weight is 396 g/mol. The molecule has 5 nitrogen and oxygen atoms in total. The van der Waals surface area contributed by atoms with Gasteiger partial charge in [-0.3, -0.25) is 9.35 Å². The first kappa shape index (κ1) is 17.7. The van der Waals surface area contributed by atoms with Gasteiger partial charge in [0.25, 0.3) is 16.0 Å². The Kier molecular flexibility index (Phi) is 4.71. The number of benzene rings is 3. The van der Waals surface area contributed by atoms with Crippen LogP contribution in [0.25, 0.3) is 10.8 Å². The van der Waals surface area contributed by atoms with E-state index in [9.17, 15) is 17.8 Å². The highest BCUT2D eigenvalue weighted by atomic mass is 35.5. The van der Waals surface area contributed by atoms with Gasteiger partial charge in [-0.2, -0.15) is 8.42 Å². The number of carbonyl (C=O) groups excluding carboxylic acids is 1. The summed E-state index contributed by atoms with van der Waals surface area (Å²) in [5, 5.41) is 4.10. The molecule has 0 heterocycles. The first-order chi connectivity index (χ1) is 11.7. The Labute approximate surface area is 153 Å². The van der Waals surface area contributed by atoms with Gasteiger partial charge in [-0.15, -0.1) is 0 Å². The molecule has 0 aliphatic rings. The number of rotatable bonds is 3. The van der Waals surface area contributed by atoms with E-state index in [4.69, 9.17) is 23.2 Å². The van der Waals surface area contributed by atoms with Crippen molar-refractivity contribution in [2.24, 2.45) is 0 Å². The Morgan fingerprint density at radius 2 is 1.60 bits per heavy atom. The molecular weight excluding hydrogens is 385 g/mol. The van der Waals surface area contributed by atoms with E-state index in [-0.39, 0.29) is 16.1 Å². The molecule has 25 heavy (non-hydrogen) atoms. The van der Waals surface area contributed by atoms with Crippen molar-refractivity contribution in [3.05, 3.63) is 70.2 Å². The third-order valence-electron chi connectivity index (χ3n) is 3.48. The van der Waals surface area contributed by atoms with Gasteiger partial charge in [0, 0.05) is 26.7 Å². The second-order valence-electron chi connectivity index (χ2n) is 5.28. The van der Waals surface area contributed by atoms with Gasteiger partial charge in [0.2, 0.25) is 0 Å². The van der Waals surface area contributed by atoms with Gasteiger partial charge in [0.15, 0.2) is 0 Å². The van der Waals surface area contributed by atoms with Crippen LogP contribution in [0.15, 0.2) is 59.5 Å². The van der Waals surface area contributed by atoms with Crippen LogP contribution in [0.4, 0.5) is 5.69 Å². The van der Waals surface area contributed by atoms with E-state index in [0.29, 0.717) is 20.8 Å². The summed E-state index contributed by atoms with van der Waals surface area (Å²) >= 11 is 11.8. The van der Waals surface area contributed by atoms with Crippen molar-refractivity contribution >= 4 is 55.7 Å². The van der Waals surface area contributed by atoms with Crippen LogP contribution in [0, 0.1) is 0 Å². The SMILES string of the molecule is O=C(Nc1cc(S(=O)(=O)O)c2ccccc2c1)c1cc(Cl)cc(Cl)c1. The monoisotopic (exact) mass is 395 g/mol. The van der Waals surface area contributed by atoms with Crippen LogP contribution < -0.4 is 5.32 Å². The minimum absolute atomic E-state index is 0.215. The zero-order valence-electron chi connectivity index (χ0n) is 12.5. The standard InChI is InChI=1S/C17H11Cl2NO4S/c18-12-5-11(6-13(19)8-12)17(21)20-14-7-10-3-1-2-4-15(10)16(9-14)25(22,23)24/h1-9H,(H,20,21)(H,22,23,24). The van der Waals surface area contributed by atoms with Crippen LogP contribution in [0.1, 0.15) is 10.4 Å². The molecule has 0 bridgehead atoms. The maximum atomic E-state index is 12.4. The molecule has 3 aromatic rings. The Morgan fingerprint density at radius 1 is 0.960 bits per heavy atom. The van der Waals surface area contributed by atoms with E-state index in [1.165, 1.54) is 24.3 Å². The molecule has 0 atom stereocenters. The number of nitrogens with one attached hydrogen (secondary N) is 1. The number of amides is 1. The minimum Gasteiger partial charge on any atom is -0.322 e. The normalized spacial score (nSPS) is 11.5. The fourth-order valence-electron chi connectivity index (χ4n) is 2.45. The van der Waals surface area contributed by atoms with Gasteiger partial charge >= 0.3 is 0 Å². The van der Waals surface area contributed by atoms with Crippen molar-refractivity contribution in [2.45, 2.75) is 4.90 Å². The number of fused-ring (bicyclic) bond motifs is 1. The molecule has 0 aliphatic carbocycles. The van der Waals surface area contributed by atoms with Crippen LogP contribution in [0.2, 0.25) is 10.0 Å². The second kappa shape index (κ2) is 6.65. The molecule has 128 valence electrons. The van der Waals surface area contributed by atoms with E-state index in [1.54, 1.807) is 30.3 Å². The summed E-state index contributed by atoms with van der Waals surface area (Å²) in [6.07, 6.45) is 0. The molecule has 0 aliphatic heterocycles. The molecule has 0 fully saturated rings. The molecular formula is C17H11Cl2NO4S. The summed E-state index contributed by atoms with van der Waals surface area (Å²) in [5.74, 6) is -0.513. The number of anilines is 1. The molecule has 0 aromatic heterocycles. The lowest BCUT2D eigenvalue weighted by Gasteiger charge is -2.10. The lowest BCUT2D eigenvalue weighted by molar-refractivity contribution is 0.102. The van der Waals surface area contributed by atoms with Gasteiger partial charge in [-0.1, -0.05) is 47.5 Å². The first-order valence-corrected chi connectivity index (χ1v) is 9.21. The highest BCUT2D eigenvalue weighted by Gasteiger charge is 2.17. The van der Waals surface area contributed by atoms with E-state index >= 15 is 0 Å². The zero-order valence-corrected chi connectivity index (χ0v) is 14.9. The lowest BCUT2D eigenvalue weighted by atomic mass is 10.1. The summed E-state index contributed by atoms with van der Waals surface area (Å²) < 4.78 is 32.8. The Morgan fingerprint density at radius 3 is 2.24 bits per heavy atom. The van der Waals surface area contributed by atoms with Crippen molar-refractivity contribution in [1.29, 1.82) is 0 Å². The van der Waals surface area contributed by atoms with Gasteiger partial charge in [-0.05, 0) is 35.7 Å². The highest BCUT2D eigenvalue weighted by molar-refractivity contribution is 7.86. The third-order valence-corrected chi connectivity index (χ3v) is 4.81. The Balaban J connectivity index is 2.06. The smallest absolute Gasteiger partial charge is 0.295 e. The van der Waals surface area contributed by atoms with Crippen LogP contribution in [0.3, 0.4) is 0 Å². The molecule has 0 spiro atoms. The Hall–Kier alpha value is -2.12. The molecule has 0 radical (unpaired) electrons. The van der Waals surface area contributed by atoms with Crippen molar-refractivity contribution < 1.29 is 17.8 Å². The Bertz CT molecular complexity index is 1080. The average Bonchev–Trinajstić information content (AvgIpc) is 2.52. The topological polar surface area (TPSA) is 83.5 Å². The summed E-state index contributed by atoms with van der Waals surface area (Å²) in [6.45, 7) is 0. The summed E-state index contributed by atoms with van der Waals surface area (Å²) in [4.78, 5) is 12.1. The molecule has 3 aromatic carbocycles. The molecule has 0 saturated carbocycles. The second-order valence-corrected chi connectivity index (χ2v) is 7.55.